The number of phenolic OH excluding ortho intramolecular Hbond substituents is 1. The zero-order chi connectivity index (χ0) is 11.3. The van der Waals surface area contributed by atoms with E-state index in [0.717, 1.165) is 23.0 Å². The average molecular weight is 301 g/mol. The first-order chi connectivity index (χ1) is 7.59. The van der Waals surface area contributed by atoms with E-state index in [1.807, 2.05) is 18.2 Å². The third-order valence-electron chi connectivity index (χ3n) is 3.34. The second-order valence-corrected chi connectivity index (χ2v) is 5.03. The van der Waals surface area contributed by atoms with Crippen molar-refractivity contribution in [2.75, 3.05) is 6.54 Å². The molecule has 2 nitrogen and oxygen atoms in total. The van der Waals surface area contributed by atoms with Gasteiger partial charge in [-0.05, 0) is 16.9 Å². The van der Waals surface area contributed by atoms with Gasteiger partial charge in [-0.25, -0.2) is 0 Å². The molecule has 1 radical (unpaired) electrons. The van der Waals surface area contributed by atoms with Gasteiger partial charge < -0.3 is 10.4 Å². The van der Waals surface area contributed by atoms with Crippen molar-refractivity contribution in [3.8, 4) is 5.75 Å². The molecular formula is C14H14NOY-. The molecule has 1 N–H and O–H groups in total. The Labute approximate surface area is 126 Å². The number of aromatic hydroxyl groups is 1. The largest absolute Gasteiger partial charge is 0.683 e. The van der Waals surface area contributed by atoms with Crippen molar-refractivity contribution in [3.05, 3.63) is 41.2 Å². The van der Waals surface area contributed by atoms with E-state index in [1.165, 1.54) is 5.56 Å². The van der Waals surface area contributed by atoms with Crippen LogP contribution in [0.5, 0.6) is 5.75 Å². The molecule has 1 aliphatic heterocycles. The Morgan fingerprint density at radius 3 is 2.65 bits per heavy atom. The number of fused-ring (bicyclic) bond motifs is 3. The fourth-order valence-electron chi connectivity index (χ4n) is 2.53. The van der Waals surface area contributed by atoms with E-state index >= 15 is 0 Å². The fraction of sp³-hybridized carbons (Fsp3) is 0.286. The molecular weight excluding hydrogens is 287 g/mol. The molecule has 0 aliphatic carbocycles. The van der Waals surface area contributed by atoms with Crippen LogP contribution in [0.25, 0.3) is 16.1 Å². The van der Waals surface area contributed by atoms with Crippen LogP contribution in [0.3, 0.4) is 0 Å². The normalized spacial score (nSPS) is 16.1. The molecule has 17 heavy (non-hydrogen) atoms. The summed E-state index contributed by atoms with van der Waals surface area (Å²) in [6, 6.07) is 9.65. The van der Waals surface area contributed by atoms with Gasteiger partial charge in [0.25, 0.3) is 0 Å². The first-order valence-corrected chi connectivity index (χ1v) is 5.52. The molecule has 3 rings (SSSR count). The molecule has 0 fully saturated rings. The molecule has 0 atom stereocenters. The van der Waals surface area contributed by atoms with Gasteiger partial charge in [-0.3, -0.25) is 0 Å². The Morgan fingerprint density at radius 1 is 1.12 bits per heavy atom. The van der Waals surface area contributed by atoms with Gasteiger partial charge in [-0.2, -0.15) is 0 Å². The zero-order valence-electron chi connectivity index (χ0n) is 10.1. The van der Waals surface area contributed by atoms with Crippen molar-refractivity contribution in [3.63, 3.8) is 0 Å². The first-order valence-electron chi connectivity index (χ1n) is 5.52. The average Bonchev–Trinajstić information content (AvgIpc) is 2.56. The van der Waals surface area contributed by atoms with Crippen molar-refractivity contribution < 1.29 is 37.8 Å². The number of nitrogens with zero attached hydrogens (tertiary/aromatic N) is 1. The van der Waals surface area contributed by atoms with Gasteiger partial charge in [0.15, 0.2) is 0 Å². The minimum Gasteiger partial charge on any atom is -0.683 e. The van der Waals surface area contributed by atoms with Gasteiger partial charge >= 0.3 is 0 Å². The van der Waals surface area contributed by atoms with Crippen molar-refractivity contribution in [1.29, 1.82) is 0 Å². The number of hydrogen-bond donors (Lipinski definition) is 1. The number of phenols is 1. The van der Waals surface area contributed by atoms with Crippen molar-refractivity contribution in [1.82, 2.24) is 0 Å². The van der Waals surface area contributed by atoms with E-state index in [9.17, 15) is 5.11 Å². The maximum absolute atomic E-state index is 9.84. The molecule has 0 spiro atoms. The van der Waals surface area contributed by atoms with Gasteiger partial charge in [0.2, 0.25) is 0 Å². The minimum absolute atomic E-state index is 0. The molecule has 85 valence electrons. The van der Waals surface area contributed by atoms with Crippen LogP contribution in [0.1, 0.15) is 19.4 Å². The molecule has 0 bridgehead atoms. The summed E-state index contributed by atoms with van der Waals surface area (Å²) in [5, 5.41) is 16.4. The predicted octanol–water partition coefficient (Wildman–Crippen LogP) is 3.84. The Hall–Kier alpha value is -0.596. The summed E-state index contributed by atoms with van der Waals surface area (Å²) < 4.78 is 0. The van der Waals surface area contributed by atoms with Crippen LogP contribution in [0.15, 0.2) is 30.3 Å². The Balaban J connectivity index is 0.00000108. The number of hydrogen-bond acceptors (Lipinski definition) is 1. The Morgan fingerprint density at radius 2 is 1.88 bits per heavy atom. The van der Waals surface area contributed by atoms with Crippen molar-refractivity contribution in [2.24, 2.45) is 0 Å². The van der Waals surface area contributed by atoms with Gasteiger partial charge in [0.1, 0.15) is 5.75 Å². The van der Waals surface area contributed by atoms with Crippen molar-refractivity contribution >= 4 is 16.5 Å². The molecule has 0 aromatic heterocycles. The zero-order valence-corrected chi connectivity index (χ0v) is 12.9. The van der Waals surface area contributed by atoms with Crippen LogP contribution in [0.4, 0.5) is 5.69 Å². The fourth-order valence-corrected chi connectivity index (χ4v) is 2.53. The van der Waals surface area contributed by atoms with Gasteiger partial charge in [-0.1, -0.05) is 43.7 Å². The van der Waals surface area contributed by atoms with Gasteiger partial charge in [0, 0.05) is 38.1 Å². The first kappa shape index (κ1) is 12.9. The topological polar surface area (TPSA) is 34.3 Å². The maximum Gasteiger partial charge on any atom is 0.123 e. The Bertz CT molecular complexity index is 578. The summed E-state index contributed by atoms with van der Waals surface area (Å²) in [5.41, 5.74) is 2.41. The van der Waals surface area contributed by atoms with Crippen LogP contribution in [-0.4, -0.2) is 11.7 Å². The van der Waals surface area contributed by atoms with Crippen LogP contribution in [0, 0.1) is 0 Å². The molecule has 3 heteroatoms. The smallest absolute Gasteiger partial charge is 0.123 e. The third-order valence-corrected chi connectivity index (χ3v) is 3.34. The molecule has 0 saturated carbocycles. The van der Waals surface area contributed by atoms with E-state index in [4.69, 9.17) is 0 Å². The molecule has 0 unspecified atom stereocenters. The summed E-state index contributed by atoms with van der Waals surface area (Å²) in [6.07, 6.45) is 0. The van der Waals surface area contributed by atoms with Crippen LogP contribution >= 0.6 is 0 Å². The number of benzene rings is 2. The summed E-state index contributed by atoms with van der Waals surface area (Å²) in [6.45, 7) is 5.23. The van der Waals surface area contributed by atoms with E-state index in [1.54, 1.807) is 6.07 Å². The summed E-state index contributed by atoms with van der Waals surface area (Å²) in [7, 11) is 0. The molecule has 1 heterocycles. The second-order valence-electron chi connectivity index (χ2n) is 5.03. The molecule has 1 aliphatic rings. The van der Waals surface area contributed by atoms with E-state index < -0.39 is 0 Å². The van der Waals surface area contributed by atoms with E-state index in [-0.39, 0.29) is 38.1 Å². The SMILES string of the molecule is CC1(C)C[N-]c2ccc3c(O)cccc3c21.[Y]. The van der Waals surface area contributed by atoms with Gasteiger partial charge in [0.05, 0.1) is 0 Å². The van der Waals surface area contributed by atoms with Crippen LogP contribution < -0.4 is 0 Å². The molecule has 0 saturated heterocycles. The molecule has 2 aromatic rings. The second kappa shape index (κ2) is 4.26. The summed E-state index contributed by atoms with van der Waals surface area (Å²) in [4.78, 5) is 0. The summed E-state index contributed by atoms with van der Waals surface area (Å²) in [5.74, 6) is 0.350. The minimum atomic E-state index is 0. The monoisotopic (exact) mass is 301 g/mol. The van der Waals surface area contributed by atoms with Crippen LogP contribution in [0.2, 0.25) is 0 Å². The van der Waals surface area contributed by atoms with Crippen LogP contribution in [-0.2, 0) is 38.1 Å². The predicted molar refractivity (Wildman–Crippen MR) is 66.5 cm³/mol. The molecule has 2 aromatic carbocycles. The maximum atomic E-state index is 9.84. The Kier molecular flexibility index (Phi) is 3.22. The number of rotatable bonds is 0. The standard InChI is InChI=1S/C14H14NO.Y/c1-14(2)8-15-11-7-6-9-10(13(11)14)4-3-5-12(9)16;/h3-7,16H,8H2,1-2H3;/q-1;. The van der Waals surface area contributed by atoms with Gasteiger partial charge in [-0.15, -0.1) is 12.2 Å². The third kappa shape index (κ3) is 1.88. The van der Waals surface area contributed by atoms with E-state index in [0.29, 0.717) is 5.75 Å². The van der Waals surface area contributed by atoms with Crippen molar-refractivity contribution in [2.45, 2.75) is 19.3 Å². The summed E-state index contributed by atoms with van der Waals surface area (Å²) >= 11 is 0. The quantitative estimate of drug-likeness (QED) is 0.788. The molecule has 0 amide bonds. The van der Waals surface area contributed by atoms with E-state index in [2.05, 4.69) is 25.2 Å².